The lowest BCUT2D eigenvalue weighted by Gasteiger charge is -2.21. The van der Waals surface area contributed by atoms with E-state index in [1.54, 1.807) is 0 Å². The van der Waals surface area contributed by atoms with Crippen LogP contribution in [0, 0.1) is 0 Å². The predicted octanol–water partition coefficient (Wildman–Crippen LogP) is 1.11. The van der Waals surface area contributed by atoms with Gasteiger partial charge in [0.2, 0.25) is 5.91 Å². The zero-order valence-corrected chi connectivity index (χ0v) is 9.77. The van der Waals surface area contributed by atoms with E-state index in [2.05, 4.69) is 43.9 Å². The molecule has 2 atom stereocenters. The molecule has 2 unspecified atom stereocenters. The van der Waals surface area contributed by atoms with Gasteiger partial charge >= 0.3 is 0 Å². The summed E-state index contributed by atoms with van der Waals surface area (Å²) < 4.78 is 0. The van der Waals surface area contributed by atoms with Crippen molar-refractivity contribution in [1.82, 2.24) is 10.2 Å². The van der Waals surface area contributed by atoms with Crippen LogP contribution in [0.25, 0.3) is 0 Å². The molecule has 1 N–H and O–H groups in total. The molecule has 0 saturated carbocycles. The largest absolute Gasteiger partial charge is 0.345 e. The highest BCUT2D eigenvalue weighted by Crippen LogP contribution is 2.07. The fourth-order valence-electron chi connectivity index (χ4n) is 0.964. The first kappa shape index (κ1) is 12.8. The Balaban J connectivity index is 3.57. The lowest BCUT2D eigenvalue weighted by molar-refractivity contribution is -0.119. The number of hydrogen-bond donors (Lipinski definition) is 2. The third-order valence-electron chi connectivity index (χ3n) is 2.11. The first-order valence-electron chi connectivity index (χ1n) is 4.55. The van der Waals surface area contributed by atoms with Crippen molar-refractivity contribution in [2.24, 2.45) is 0 Å². The fraction of sp³-hybridized carbons (Fsp3) is 0.889. The molecule has 0 heterocycles. The lowest BCUT2D eigenvalue weighted by Crippen LogP contribution is -2.31. The van der Waals surface area contributed by atoms with Crippen molar-refractivity contribution in [2.75, 3.05) is 14.1 Å². The van der Waals surface area contributed by atoms with Gasteiger partial charge in [0, 0.05) is 13.0 Å². The molecule has 3 nitrogen and oxygen atoms in total. The maximum absolute atomic E-state index is 10.7. The van der Waals surface area contributed by atoms with Gasteiger partial charge in [-0.05, 0) is 33.9 Å². The van der Waals surface area contributed by atoms with E-state index in [0.29, 0.717) is 6.04 Å². The normalized spacial score (nSPS) is 15.5. The molecule has 0 radical (unpaired) electrons. The molecule has 0 aromatic heterocycles. The summed E-state index contributed by atoms with van der Waals surface area (Å²) in [6, 6.07) is 0.531. The SMILES string of the molecule is CC(=O)NC(S)CCC(C)N(C)C. The number of rotatable bonds is 5. The third kappa shape index (κ3) is 6.90. The number of nitrogens with zero attached hydrogens (tertiary/aromatic N) is 1. The van der Waals surface area contributed by atoms with Crippen LogP contribution in [0.2, 0.25) is 0 Å². The van der Waals surface area contributed by atoms with Gasteiger partial charge < -0.3 is 10.2 Å². The van der Waals surface area contributed by atoms with Crippen molar-refractivity contribution in [1.29, 1.82) is 0 Å². The molecule has 4 heteroatoms. The minimum atomic E-state index is -0.0162. The summed E-state index contributed by atoms with van der Waals surface area (Å²) in [7, 11) is 4.10. The van der Waals surface area contributed by atoms with Crippen LogP contribution in [-0.2, 0) is 4.79 Å². The summed E-state index contributed by atoms with van der Waals surface area (Å²) in [6.07, 6.45) is 1.95. The second-order valence-electron chi connectivity index (χ2n) is 3.61. The molecule has 0 spiro atoms. The molecule has 0 aromatic rings. The Labute approximate surface area is 86.3 Å². The van der Waals surface area contributed by atoms with Gasteiger partial charge in [0.05, 0.1) is 5.37 Å². The Kier molecular flexibility index (Phi) is 6.16. The highest BCUT2D eigenvalue weighted by Gasteiger charge is 2.08. The number of thiol groups is 1. The van der Waals surface area contributed by atoms with Gasteiger partial charge in [0.25, 0.3) is 0 Å². The zero-order chi connectivity index (χ0) is 10.4. The van der Waals surface area contributed by atoms with Gasteiger partial charge in [-0.15, -0.1) is 0 Å². The Bertz CT molecular complexity index is 162. The number of amides is 1. The van der Waals surface area contributed by atoms with Crippen molar-refractivity contribution in [3.63, 3.8) is 0 Å². The van der Waals surface area contributed by atoms with E-state index in [-0.39, 0.29) is 11.3 Å². The molecule has 0 aliphatic carbocycles. The maximum Gasteiger partial charge on any atom is 0.217 e. The van der Waals surface area contributed by atoms with E-state index in [1.807, 2.05) is 0 Å². The molecule has 0 aromatic carbocycles. The monoisotopic (exact) mass is 204 g/mol. The average Bonchev–Trinajstić information content (AvgIpc) is 1.98. The molecule has 0 saturated heterocycles. The molecule has 78 valence electrons. The van der Waals surface area contributed by atoms with Crippen LogP contribution in [0.5, 0.6) is 0 Å². The van der Waals surface area contributed by atoms with Crippen molar-refractivity contribution >= 4 is 18.5 Å². The Hall–Kier alpha value is -0.220. The van der Waals surface area contributed by atoms with Crippen LogP contribution in [0.4, 0.5) is 0 Å². The number of nitrogens with one attached hydrogen (secondary N) is 1. The van der Waals surface area contributed by atoms with Crippen LogP contribution in [0.1, 0.15) is 26.7 Å². The van der Waals surface area contributed by atoms with Gasteiger partial charge in [0.1, 0.15) is 0 Å². The Morgan fingerprint density at radius 2 is 2.00 bits per heavy atom. The highest BCUT2D eigenvalue weighted by atomic mass is 32.1. The van der Waals surface area contributed by atoms with Gasteiger partial charge in [0.15, 0.2) is 0 Å². The molecule has 0 aliphatic heterocycles. The van der Waals surface area contributed by atoms with Crippen molar-refractivity contribution in [3.05, 3.63) is 0 Å². The van der Waals surface area contributed by atoms with E-state index >= 15 is 0 Å². The van der Waals surface area contributed by atoms with E-state index in [0.717, 1.165) is 12.8 Å². The van der Waals surface area contributed by atoms with Gasteiger partial charge in [-0.2, -0.15) is 12.6 Å². The summed E-state index contributed by atoms with van der Waals surface area (Å²) in [4.78, 5) is 12.8. The zero-order valence-electron chi connectivity index (χ0n) is 8.87. The number of carbonyl (C=O) groups excluding carboxylic acids is 1. The van der Waals surface area contributed by atoms with Gasteiger partial charge in [-0.3, -0.25) is 4.79 Å². The molecule has 0 fully saturated rings. The first-order valence-corrected chi connectivity index (χ1v) is 5.06. The Morgan fingerprint density at radius 1 is 1.46 bits per heavy atom. The molecule has 1 amide bonds. The highest BCUT2D eigenvalue weighted by molar-refractivity contribution is 7.80. The van der Waals surface area contributed by atoms with Gasteiger partial charge in [-0.1, -0.05) is 0 Å². The standard InChI is InChI=1S/C9H20N2OS/c1-7(11(3)4)5-6-9(13)10-8(2)12/h7,9,13H,5-6H2,1-4H3,(H,10,12). The third-order valence-corrected chi connectivity index (χ3v) is 2.50. The molecule has 0 bridgehead atoms. The molecular formula is C9H20N2OS. The van der Waals surface area contributed by atoms with Crippen LogP contribution < -0.4 is 5.32 Å². The average molecular weight is 204 g/mol. The van der Waals surface area contributed by atoms with Crippen LogP contribution >= 0.6 is 12.6 Å². The summed E-state index contributed by atoms with van der Waals surface area (Å²) in [5.41, 5.74) is 0. The second kappa shape index (κ2) is 6.27. The van der Waals surface area contributed by atoms with Crippen molar-refractivity contribution in [2.45, 2.75) is 38.1 Å². The Morgan fingerprint density at radius 3 is 2.38 bits per heavy atom. The minimum absolute atomic E-state index is 0.0140. The summed E-state index contributed by atoms with van der Waals surface area (Å²) in [6.45, 7) is 3.67. The minimum Gasteiger partial charge on any atom is -0.345 e. The van der Waals surface area contributed by atoms with E-state index in [1.165, 1.54) is 6.92 Å². The van der Waals surface area contributed by atoms with Crippen LogP contribution in [0.3, 0.4) is 0 Å². The lowest BCUT2D eigenvalue weighted by atomic mass is 10.1. The maximum atomic E-state index is 10.7. The molecule has 13 heavy (non-hydrogen) atoms. The van der Waals surface area contributed by atoms with Crippen LogP contribution in [-0.4, -0.2) is 36.3 Å². The van der Waals surface area contributed by atoms with Crippen molar-refractivity contribution < 1.29 is 4.79 Å². The van der Waals surface area contributed by atoms with E-state index in [4.69, 9.17) is 0 Å². The summed E-state index contributed by atoms with van der Waals surface area (Å²) >= 11 is 4.26. The number of hydrogen-bond acceptors (Lipinski definition) is 3. The first-order chi connectivity index (χ1) is 5.93. The quantitative estimate of drug-likeness (QED) is 0.519. The van der Waals surface area contributed by atoms with Crippen LogP contribution in [0.15, 0.2) is 0 Å². The fourth-order valence-corrected chi connectivity index (χ4v) is 1.29. The number of carbonyl (C=O) groups is 1. The van der Waals surface area contributed by atoms with E-state index in [9.17, 15) is 4.79 Å². The van der Waals surface area contributed by atoms with Crippen molar-refractivity contribution in [3.8, 4) is 0 Å². The molecule has 0 rings (SSSR count). The second-order valence-corrected chi connectivity index (χ2v) is 4.23. The topological polar surface area (TPSA) is 32.3 Å². The predicted molar refractivity (Wildman–Crippen MR) is 59.0 cm³/mol. The summed E-state index contributed by atoms with van der Waals surface area (Å²) in [5, 5.41) is 2.73. The van der Waals surface area contributed by atoms with E-state index < -0.39 is 0 Å². The molecule has 0 aliphatic rings. The smallest absolute Gasteiger partial charge is 0.217 e. The van der Waals surface area contributed by atoms with Gasteiger partial charge in [-0.25, -0.2) is 0 Å². The molecular weight excluding hydrogens is 184 g/mol. The summed E-state index contributed by atoms with van der Waals surface area (Å²) in [5.74, 6) is -0.0162.